The highest BCUT2D eigenvalue weighted by atomic mass is 16.5. The summed E-state index contributed by atoms with van der Waals surface area (Å²) in [6, 6.07) is 6.66. The molecule has 0 aromatic heterocycles. The van der Waals surface area contributed by atoms with Crippen molar-refractivity contribution in [3.05, 3.63) is 29.8 Å². The molecule has 0 amide bonds. The maximum atomic E-state index is 11.6. The predicted molar refractivity (Wildman–Crippen MR) is 73.1 cm³/mol. The van der Waals surface area contributed by atoms with Gasteiger partial charge >= 0.3 is 5.97 Å². The number of nitrogen functional groups attached to an aromatic ring is 1. The quantitative estimate of drug-likeness (QED) is 0.420. The summed E-state index contributed by atoms with van der Waals surface area (Å²) >= 11 is 0. The summed E-state index contributed by atoms with van der Waals surface area (Å²) < 4.78 is 15.4. The van der Waals surface area contributed by atoms with E-state index in [1.165, 1.54) is 0 Å². The number of carbonyl (C=O) groups excluding carboxylic acids is 1. The molecule has 106 valence electrons. The van der Waals surface area contributed by atoms with E-state index in [2.05, 4.69) is 0 Å². The van der Waals surface area contributed by atoms with Crippen molar-refractivity contribution in [2.45, 2.75) is 12.8 Å². The Hall–Kier alpha value is -1.59. The molecule has 5 heteroatoms. The molecule has 0 atom stereocenters. The molecule has 19 heavy (non-hydrogen) atoms. The van der Waals surface area contributed by atoms with Crippen LogP contribution in [0, 0.1) is 0 Å². The van der Waals surface area contributed by atoms with Crippen LogP contribution in [0.3, 0.4) is 0 Å². The molecule has 0 aliphatic heterocycles. The Morgan fingerprint density at radius 2 is 1.68 bits per heavy atom. The van der Waals surface area contributed by atoms with Gasteiger partial charge in [0.25, 0.3) is 0 Å². The summed E-state index contributed by atoms with van der Waals surface area (Å²) in [5, 5.41) is 0. The molecule has 0 fully saturated rings. The van der Waals surface area contributed by atoms with Crippen LogP contribution in [0.5, 0.6) is 0 Å². The smallest absolute Gasteiger partial charge is 0.338 e. The topological polar surface area (TPSA) is 70.8 Å². The molecule has 0 saturated carbocycles. The van der Waals surface area contributed by atoms with E-state index in [9.17, 15) is 4.79 Å². The summed E-state index contributed by atoms with van der Waals surface area (Å²) in [4.78, 5) is 11.6. The lowest BCUT2D eigenvalue weighted by Gasteiger charge is -2.06. The number of benzene rings is 1. The molecule has 0 heterocycles. The molecule has 0 unspecified atom stereocenters. The van der Waals surface area contributed by atoms with Gasteiger partial charge in [-0.1, -0.05) is 0 Å². The summed E-state index contributed by atoms with van der Waals surface area (Å²) in [5.41, 5.74) is 6.67. The number of nitrogens with two attached hydrogens (primary N) is 1. The van der Waals surface area contributed by atoms with Crippen molar-refractivity contribution in [2.24, 2.45) is 0 Å². The average molecular weight is 267 g/mol. The standard InChI is InChI=1S/C14H21NO4/c1-17-8-2-9-18-10-3-11-19-14(16)12-4-6-13(15)7-5-12/h4-7H,2-3,8-11,15H2,1H3. The molecule has 5 nitrogen and oxygen atoms in total. The van der Waals surface area contributed by atoms with E-state index in [0.29, 0.717) is 44.1 Å². The van der Waals surface area contributed by atoms with Gasteiger partial charge in [-0.15, -0.1) is 0 Å². The third-order valence-corrected chi connectivity index (χ3v) is 2.45. The number of rotatable bonds is 9. The van der Waals surface area contributed by atoms with Crippen LogP contribution < -0.4 is 5.73 Å². The minimum atomic E-state index is -0.334. The number of anilines is 1. The minimum Gasteiger partial charge on any atom is -0.462 e. The average Bonchev–Trinajstić information content (AvgIpc) is 2.42. The lowest BCUT2D eigenvalue weighted by atomic mass is 10.2. The highest BCUT2D eigenvalue weighted by Crippen LogP contribution is 2.06. The molecule has 0 aliphatic carbocycles. The number of carbonyl (C=O) groups is 1. The summed E-state index contributed by atoms with van der Waals surface area (Å²) in [7, 11) is 1.66. The van der Waals surface area contributed by atoms with Gasteiger partial charge in [-0.3, -0.25) is 0 Å². The third-order valence-electron chi connectivity index (χ3n) is 2.45. The Bertz CT molecular complexity index is 364. The van der Waals surface area contributed by atoms with E-state index in [4.69, 9.17) is 19.9 Å². The first-order chi connectivity index (χ1) is 9.24. The maximum Gasteiger partial charge on any atom is 0.338 e. The van der Waals surface area contributed by atoms with Crippen LogP contribution in [-0.4, -0.2) is 39.5 Å². The van der Waals surface area contributed by atoms with Gasteiger partial charge in [0.05, 0.1) is 12.2 Å². The Labute approximate surface area is 113 Å². The normalized spacial score (nSPS) is 10.4. The van der Waals surface area contributed by atoms with Gasteiger partial charge in [-0.2, -0.15) is 0 Å². The monoisotopic (exact) mass is 267 g/mol. The lowest BCUT2D eigenvalue weighted by Crippen LogP contribution is -2.09. The maximum absolute atomic E-state index is 11.6. The van der Waals surface area contributed by atoms with Crippen molar-refractivity contribution < 1.29 is 19.0 Å². The SMILES string of the molecule is COCCCOCCCOC(=O)c1ccc(N)cc1. The fraction of sp³-hybridized carbons (Fsp3) is 0.500. The molecule has 1 rings (SSSR count). The molecule has 1 aromatic carbocycles. The third kappa shape index (κ3) is 6.79. The van der Waals surface area contributed by atoms with Crippen molar-refractivity contribution in [2.75, 3.05) is 39.3 Å². The van der Waals surface area contributed by atoms with E-state index < -0.39 is 0 Å². The van der Waals surface area contributed by atoms with Gasteiger partial charge in [0.1, 0.15) is 0 Å². The second-order valence-electron chi connectivity index (χ2n) is 4.07. The Morgan fingerprint density at radius 3 is 2.32 bits per heavy atom. The highest BCUT2D eigenvalue weighted by molar-refractivity contribution is 5.89. The number of hydrogen-bond donors (Lipinski definition) is 1. The van der Waals surface area contributed by atoms with Crippen LogP contribution >= 0.6 is 0 Å². The zero-order chi connectivity index (χ0) is 13.9. The molecule has 0 radical (unpaired) electrons. The summed E-state index contributed by atoms with van der Waals surface area (Å²) in [6.45, 7) is 2.30. The number of hydrogen-bond acceptors (Lipinski definition) is 5. The Balaban J connectivity index is 2.06. The molecular formula is C14H21NO4. The molecule has 2 N–H and O–H groups in total. The molecule has 0 bridgehead atoms. The van der Waals surface area contributed by atoms with Crippen molar-refractivity contribution in [3.8, 4) is 0 Å². The first-order valence-corrected chi connectivity index (χ1v) is 6.33. The number of methoxy groups -OCH3 is 1. The van der Waals surface area contributed by atoms with Crippen molar-refractivity contribution in [1.29, 1.82) is 0 Å². The van der Waals surface area contributed by atoms with Crippen molar-refractivity contribution in [1.82, 2.24) is 0 Å². The Kier molecular flexibility index (Phi) is 7.62. The van der Waals surface area contributed by atoms with Crippen LogP contribution in [0.15, 0.2) is 24.3 Å². The molecule has 0 spiro atoms. The second kappa shape index (κ2) is 9.35. The summed E-state index contributed by atoms with van der Waals surface area (Å²) in [5.74, 6) is -0.334. The first-order valence-electron chi connectivity index (χ1n) is 6.33. The van der Waals surface area contributed by atoms with Crippen LogP contribution in [0.4, 0.5) is 5.69 Å². The predicted octanol–water partition coefficient (Wildman–Crippen LogP) is 1.87. The van der Waals surface area contributed by atoms with Gasteiger partial charge in [-0.25, -0.2) is 4.79 Å². The molecular weight excluding hydrogens is 246 g/mol. The van der Waals surface area contributed by atoms with E-state index in [0.717, 1.165) is 6.42 Å². The lowest BCUT2D eigenvalue weighted by molar-refractivity contribution is 0.0433. The Morgan fingerprint density at radius 1 is 1.05 bits per heavy atom. The first kappa shape index (κ1) is 15.5. The minimum absolute atomic E-state index is 0.334. The van der Waals surface area contributed by atoms with Crippen molar-refractivity contribution in [3.63, 3.8) is 0 Å². The van der Waals surface area contributed by atoms with Crippen LogP contribution in [-0.2, 0) is 14.2 Å². The van der Waals surface area contributed by atoms with E-state index >= 15 is 0 Å². The van der Waals surface area contributed by atoms with E-state index in [1.807, 2.05) is 0 Å². The van der Waals surface area contributed by atoms with Gasteiger partial charge < -0.3 is 19.9 Å². The zero-order valence-electron chi connectivity index (χ0n) is 11.3. The van der Waals surface area contributed by atoms with Crippen LogP contribution in [0.2, 0.25) is 0 Å². The number of esters is 1. The van der Waals surface area contributed by atoms with E-state index in [-0.39, 0.29) is 5.97 Å². The van der Waals surface area contributed by atoms with Gasteiger partial charge in [0.15, 0.2) is 0 Å². The second-order valence-corrected chi connectivity index (χ2v) is 4.07. The van der Waals surface area contributed by atoms with Crippen LogP contribution in [0.25, 0.3) is 0 Å². The molecule has 1 aromatic rings. The number of ether oxygens (including phenoxy) is 3. The van der Waals surface area contributed by atoms with E-state index in [1.54, 1.807) is 31.4 Å². The molecule has 0 saturated heterocycles. The molecule has 0 aliphatic rings. The summed E-state index contributed by atoms with van der Waals surface area (Å²) in [6.07, 6.45) is 1.56. The van der Waals surface area contributed by atoms with Crippen LogP contribution in [0.1, 0.15) is 23.2 Å². The zero-order valence-corrected chi connectivity index (χ0v) is 11.3. The van der Waals surface area contributed by atoms with Gasteiger partial charge in [-0.05, 0) is 30.7 Å². The fourth-order valence-electron chi connectivity index (χ4n) is 1.44. The largest absolute Gasteiger partial charge is 0.462 e. The van der Waals surface area contributed by atoms with Gasteiger partial charge in [0, 0.05) is 39.0 Å². The van der Waals surface area contributed by atoms with Crippen molar-refractivity contribution >= 4 is 11.7 Å². The highest BCUT2D eigenvalue weighted by Gasteiger charge is 2.05. The van der Waals surface area contributed by atoms with Gasteiger partial charge in [0.2, 0.25) is 0 Å². The fourth-order valence-corrected chi connectivity index (χ4v) is 1.44.